The average Bonchev–Trinajstić information content (AvgIpc) is 2.89. The maximum Gasteiger partial charge on any atom is 0.413 e. The highest BCUT2D eigenvalue weighted by atomic mass is 32.2. The zero-order valence-electron chi connectivity index (χ0n) is 14.3. The van der Waals surface area contributed by atoms with Crippen LogP contribution in [-0.4, -0.2) is 22.6 Å². The van der Waals surface area contributed by atoms with E-state index in [1.165, 1.54) is 17.8 Å². The Morgan fingerprint density at radius 2 is 2.17 bits per heavy atom. The van der Waals surface area contributed by atoms with Crippen LogP contribution in [-0.2, 0) is 10.3 Å². The van der Waals surface area contributed by atoms with E-state index in [1.54, 1.807) is 6.07 Å². The van der Waals surface area contributed by atoms with Crippen molar-refractivity contribution in [3.63, 3.8) is 0 Å². The zero-order chi connectivity index (χ0) is 17.4. The normalized spacial score (nSPS) is 26.5. The first kappa shape index (κ1) is 17.3. The molecule has 0 aromatic heterocycles. The van der Waals surface area contributed by atoms with Crippen molar-refractivity contribution >= 4 is 23.0 Å². The van der Waals surface area contributed by atoms with E-state index in [1.807, 2.05) is 32.9 Å². The maximum absolute atomic E-state index is 14.4. The number of rotatable bonds is 1. The van der Waals surface area contributed by atoms with Gasteiger partial charge in [-0.15, -0.1) is 0 Å². The molecule has 6 heteroatoms. The molecule has 2 atom stereocenters. The second-order valence-electron chi connectivity index (χ2n) is 7.35. The first-order valence-corrected chi connectivity index (χ1v) is 9.26. The van der Waals surface area contributed by atoms with Crippen molar-refractivity contribution in [1.29, 1.82) is 0 Å². The Morgan fingerprint density at radius 1 is 1.42 bits per heavy atom. The number of fused-ring (bicyclic) bond motifs is 1. The Bertz CT molecular complexity index is 671. The lowest BCUT2D eigenvalue weighted by Crippen LogP contribution is -2.42. The molecule has 0 bridgehead atoms. The molecule has 0 unspecified atom stereocenters. The van der Waals surface area contributed by atoms with Crippen LogP contribution in [0, 0.1) is 11.7 Å². The molecule has 1 fully saturated rings. The summed E-state index contributed by atoms with van der Waals surface area (Å²) in [6, 6.07) is 6.84. The van der Waals surface area contributed by atoms with E-state index >= 15 is 0 Å². The fourth-order valence-corrected chi connectivity index (χ4v) is 4.69. The summed E-state index contributed by atoms with van der Waals surface area (Å²) in [5, 5.41) is 3.25. The quantitative estimate of drug-likeness (QED) is 0.814. The molecular weight excluding hydrogens is 327 g/mol. The molecule has 4 nitrogen and oxygen atoms in total. The van der Waals surface area contributed by atoms with Crippen LogP contribution in [0.15, 0.2) is 29.3 Å². The fraction of sp³-hybridized carbons (Fsp3) is 0.556. The lowest BCUT2D eigenvalue weighted by Gasteiger charge is -2.36. The lowest BCUT2D eigenvalue weighted by atomic mass is 9.81. The summed E-state index contributed by atoms with van der Waals surface area (Å²) in [6.45, 7) is 5.45. The van der Waals surface area contributed by atoms with Crippen molar-refractivity contribution in [2.24, 2.45) is 10.9 Å². The van der Waals surface area contributed by atoms with Gasteiger partial charge in [0.2, 0.25) is 0 Å². The summed E-state index contributed by atoms with van der Waals surface area (Å²) in [4.78, 5) is 16.8. The molecule has 1 aromatic rings. The summed E-state index contributed by atoms with van der Waals surface area (Å²) in [6.07, 6.45) is 2.33. The third-order valence-electron chi connectivity index (χ3n) is 4.46. The number of nitrogens with one attached hydrogen (secondary N) is 1. The minimum absolute atomic E-state index is 0.225. The van der Waals surface area contributed by atoms with Crippen molar-refractivity contribution in [3.8, 4) is 0 Å². The van der Waals surface area contributed by atoms with Crippen LogP contribution < -0.4 is 5.32 Å². The highest BCUT2D eigenvalue weighted by molar-refractivity contribution is 8.13. The molecule has 0 spiro atoms. The Hall–Kier alpha value is -1.56. The number of hydrogen-bond donors (Lipinski definition) is 1. The van der Waals surface area contributed by atoms with E-state index in [9.17, 15) is 9.18 Å². The van der Waals surface area contributed by atoms with Crippen molar-refractivity contribution in [1.82, 2.24) is 5.32 Å². The third kappa shape index (κ3) is 3.43. The Morgan fingerprint density at radius 3 is 2.88 bits per heavy atom. The van der Waals surface area contributed by atoms with Crippen LogP contribution in [0.25, 0.3) is 0 Å². The van der Waals surface area contributed by atoms with Gasteiger partial charge in [-0.1, -0.05) is 36.4 Å². The van der Waals surface area contributed by atoms with Gasteiger partial charge in [0.05, 0.1) is 5.54 Å². The Balaban J connectivity index is 1.89. The van der Waals surface area contributed by atoms with Gasteiger partial charge in [-0.25, -0.2) is 9.18 Å². The number of carbonyl (C=O) groups is 1. The van der Waals surface area contributed by atoms with Crippen LogP contribution in [0.4, 0.5) is 9.18 Å². The molecule has 0 saturated heterocycles. The van der Waals surface area contributed by atoms with Gasteiger partial charge in [0, 0.05) is 11.3 Å². The number of ether oxygens (including phenoxy) is 1. The largest absolute Gasteiger partial charge is 0.444 e. The van der Waals surface area contributed by atoms with Gasteiger partial charge in [0.15, 0.2) is 5.17 Å². The summed E-state index contributed by atoms with van der Waals surface area (Å²) in [5.41, 5.74) is -0.499. The SMILES string of the molecule is CC(C)(C)OC(=O)NC1=N[C@@]2(c3ccccc3F)CCC[C@H]2CS1. The van der Waals surface area contributed by atoms with E-state index in [-0.39, 0.29) is 5.82 Å². The summed E-state index contributed by atoms with van der Waals surface area (Å²) in [5.74, 6) is 0.892. The topological polar surface area (TPSA) is 50.7 Å². The smallest absolute Gasteiger partial charge is 0.413 e. The third-order valence-corrected chi connectivity index (χ3v) is 5.49. The molecule has 2 aliphatic rings. The molecule has 1 N–H and O–H groups in total. The molecule has 130 valence electrons. The number of thioether (sulfide) groups is 1. The number of carbonyl (C=O) groups excluding carboxylic acids is 1. The van der Waals surface area contributed by atoms with Crippen LogP contribution in [0.2, 0.25) is 0 Å². The molecule has 1 saturated carbocycles. The Labute approximate surface area is 146 Å². The van der Waals surface area contributed by atoms with Crippen LogP contribution in [0.5, 0.6) is 0 Å². The molecule has 1 aliphatic heterocycles. The van der Waals surface area contributed by atoms with Crippen LogP contribution >= 0.6 is 11.8 Å². The van der Waals surface area contributed by atoms with Crippen LogP contribution in [0.1, 0.15) is 45.6 Å². The Kier molecular flexibility index (Phi) is 4.60. The van der Waals surface area contributed by atoms with Gasteiger partial charge in [-0.05, 0) is 45.6 Å². The van der Waals surface area contributed by atoms with E-state index in [0.29, 0.717) is 16.6 Å². The number of halogens is 1. The predicted octanol–water partition coefficient (Wildman–Crippen LogP) is 4.45. The monoisotopic (exact) mass is 350 g/mol. The van der Waals surface area contributed by atoms with E-state index in [2.05, 4.69) is 5.32 Å². The number of hydrogen-bond acceptors (Lipinski definition) is 4. The predicted molar refractivity (Wildman–Crippen MR) is 94.7 cm³/mol. The standard InChI is InChI=1S/C18H23FN2O2S/c1-17(2,3)23-16(22)20-15-21-18(10-6-7-12(18)11-24-15)13-8-4-5-9-14(13)19/h4-5,8-9,12H,6-7,10-11H2,1-3H3,(H,20,21,22)/t12-,18-/m0/s1. The van der Waals surface area contributed by atoms with Crippen LogP contribution in [0.3, 0.4) is 0 Å². The second kappa shape index (κ2) is 6.39. The average molecular weight is 350 g/mol. The summed E-state index contributed by atoms with van der Waals surface area (Å²) < 4.78 is 19.7. The molecule has 24 heavy (non-hydrogen) atoms. The first-order valence-electron chi connectivity index (χ1n) is 8.28. The zero-order valence-corrected chi connectivity index (χ0v) is 15.1. The number of nitrogens with zero attached hydrogens (tertiary/aromatic N) is 1. The number of amidine groups is 1. The highest BCUT2D eigenvalue weighted by Gasteiger charge is 2.48. The van der Waals surface area contributed by atoms with Gasteiger partial charge >= 0.3 is 6.09 Å². The minimum atomic E-state index is -0.569. The van der Waals surface area contributed by atoms with E-state index in [4.69, 9.17) is 9.73 Å². The summed E-state index contributed by atoms with van der Waals surface area (Å²) in [7, 11) is 0. The second-order valence-corrected chi connectivity index (χ2v) is 8.36. The van der Waals surface area contributed by atoms with Crippen molar-refractivity contribution < 1.29 is 13.9 Å². The number of aliphatic imine (C=N–C) groups is 1. The van der Waals surface area contributed by atoms with Crippen molar-refractivity contribution in [2.45, 2.75) is 51.2 Å². The molecule has 1 aliphatic carbocycles. The van der Waals surface area contributed by atoms with E-state index < -0.39 is 17.2 Å². The number of benzene rings is 1. The first-order chi connectivity index (χ1) is 11.3. The van der Waals surface area contributed by atoms with Gasteiger partial charge in [-0.3, -0.25) is 10.3 Å². The number of amides is 1. The highest BCUT2D eigenvalue weighted by Crippen LogP contribution is 2.51. The van der Waals surface area contributed by atoms with Crippen molar-refractivity contribution in [3.05, 3.63) is 35.6 Å². The molecule has 3 rings (SSSR count). The fourth-order valence-electron chi connectivity index (χ4n) is 3.50. The van der Waals surface area contributed by atoms with Gasteiger partial charge < -0.3 is 4.74 Å². The minimum Gasteiger partial charge on any atom is -0.444 e. The molecule has 1 heterocycles. The van der Waals surface area contributed by atoms with E-state index in [0.717, 1.165) is 25.0 Å². The lowest BCUT2D eigenvalue weighted by molar-refractivity contribution is 0.0564. The summed E-state index contributed by atoms with van der Waals surface area (Å²) >= 11 is 1.51. The van der Waals surface area contributed by atoms with Gasteiger partial charge in [0.25, 0.3) is 0 Å². The molecule has 1 amide bonds. The maximum atomic E-state index is 14.4. The molecule has 0 radical (unpaired) electrons. The molecule has 1 aromatic carbocycles. The van der Waals surface area contributed by atoms with Gasteiger partial charge in [0.1, 0.15) is 11.4 Å². The molecular formula is C18H23FN2O2S. The number of alkyl carbamates (subject to hydrolysis) is 1. The van der Waals surface area contributed by atoms with Gasteiger partial charge in [-0.2, -0.15) is 0 Å². The van der Waals surface area contributed by atoms with Crippen molar-refractivity contribution in [2.75, 3.05) is 5.75 Å².